The lowest BCUT2D eigenvalue weighted by atomic mass is 9.76. The first-order valence-electron chi connectivity index (χ1n) is 14.1. The number of fused-ring (bicyclic) bond motifs is 5. The predicted molar refractivity (Wildman–Crippen MR) is 149 cm³/mol. The van der Waals surface area contributed by atoms with Gasteiger partial charge in [-0.25, -0.2) is 4.79 Å². The second kappa shape index (κ2) is 11.1. The number of Topliss-reactive ketones (excluding diaryl/α,β-unsaturated/α-hetero) is 1. The zero-order valence-corrected chi connectivity index (χ0v) is 22.4. The fourth-order valence-electron chi connectivity index (χ4n) is 6.81. The smallest absolute Gasteiger partial charge is 0.410 e. The summed E-state index contributed by atoms with van der Waals surface area (Å²) in [4.78, 5) is 28.5. The Kier molecular flexibility index (Phi) is 7.27. The molecular formula is C33H35NO5. The second-order valence-corrected chi connectivity index (χ2v) is 10.8. The van der Waals surface area contributed by atoms with Crippen LogP contribution in [0.3, 0.4) is 0 Å². The minimum Gasteiger partial charge on any atom is -0.493 e. The minimum absolute atomic E-state index is 0.0424. The van der Waals surface area contributed by atoms with Gasteiger partial charge in [0.15, 0.2) is 11.5 Å². The molecule has 2 unspecified atom stereocenters. The van der Waals surface area contributed by atoms with Crippen LogP contribution in [0.4, 0.5) is 4.79 Å². The normalized spacial score (nSPS) is 21.6. The standard InChI is InChI=1S/C33H35NO5/c1-37-31-15-6-7-16-32(31)38-18-17-30(35)22-19-23-9-8-10-24(20-22)34(23)33(36)39-21-29-27-13-4-2-11-25(27)26-12-3-5-14-28(26)29/h2-7,11-16,22-24,29H,8-10,17-21H2,1H3. The number of ether oxygens (including phenoxy) is 3. The van der Waals surface area contributed by atoms with Crippen LogP contribution in [0.2, 0.25) is 0 Å². The fourth-order valence-corrected chi connectivity index (χ4v) is 6.81. The molecule has 3 aliphatic rings. The molecule has 3 aromatic carbocycles. The van der Waals surface area contributed by atoms with Crippen LogP contribution < -0.4 is 9.47 Å². The number of methoxy groups -OCH3 is 1. The molecule has 2 fully saturated rings. The van der Waals surface area contributed by atoms with Crippen LogP contribution in [0.1, 0.15) is 55.6 Å². The third-order valence-electron chi connectivity index (χ3n) is 8.65. The molecule has 2 bridgehead atoms. The SMILES string of the molecule is COc1ccccc1OCCC(=O)C1CC2CCCC(C1)N2C(=O)OCC1c2ccccc2-c2ccccc21. The Morgan fingerprint density at radius 1 is 0.821 bits per heavy atom. The molecular weight excluding hydrogens is 490 g/mol. The van der Waals surface area contributed by atoms with Gasteiger partial charge in [-0.3, -0.25) is 4.79 Å². The third-order valence-corrected chi connectivity index (χ3v) is 8.65. The zero-order chi connectivity index (χ0) is 26.8. The molecule has 0 aromatic heterocycles. The molecule has 1 amide bonds. The van der Waals surface area contributed by atoms with E-state index in [-0.39, 0.29) is 35.8 Å². The monoisotopic (exact) mass is 525 g/mol. The van der Waals surface area contributed by atoms with E-state index in [4.69, 9.17) is 14.2 Å². The Labute approximate surface area is 229 Å². The van der Waals surface area contributed by atoms with Gasteiger partial charge >= 0.3 is 6.09 Å². The van der Waals surface area contributed by atoms with E-state index in [1.165, 1.54) is 22.3 Å². The van der Waals surface area contributed by atoms with Crippen molar-refractivity contribution in [1.82, 2.24) is 4.90 Å². The number of rotatable bonds is 8. The van der Waals surface area contributed by atoms with E-state index in [2.05, 4.69) is 36.4 Å². The summed E-state index contributed by atoms with van der Waals surface area (Å²) in [6.07, 6.45) is 4.44. The average Bonchev–Trinajstić information content (AvgIpc) is 3.29. The molecule has 2 heterocycles. The molecule has 0 N–H and O–H groups in total. The van der Waals surface area contributed by atoms with Crippen LogP contribution in [-0.4, -0.2) is 49.2 Å². The summed E-state index contributed by atoms with van der Waals surface area (Å²) in [6.45, 7) is 0.645. The number of hydrogen-bond acceptors (Lipinski definition) is 5. The highest BCUT2D eigenvalue weighted by molar-refractivity contribution is 5.82. The van der Waals surface area contributed by atoms with E-state index in [0.717, 1.165) is 19.3 Å². The van der Waals surface area contributed by atoms with Gasteiger partial charge in [0, 0.05) is 30.3 Å². The van der Waals surface area contributed by atoms with Crippen molar-refractivity contribution in [2.24, 2.45) is 5.92 Å². The lowest BCUT2D eigenvalue weighted by Gasteiger charge is -2.47. The largest absolute Gasteiger partial charge is 0.493 e. The first-order valence-corrected chi connectivity index (χ1v) is 14.1. The fraction of sp³-hybridized carbons (Fsp3) is 0.394. The van der Waals surface area contributed by atoms with Crippen LogP contribution in [0.15, 0.2) is 72.8 Å². The predicted octanol–water partition coefficient (Wildman–Crippen LogP) is 6.62. The Morgan fingerprint density at radius 2 is 1.41 bits per heavy atom. The molecule has 2 atom stereocenters. The molecule has 2 saturated heterocycles. The lowest BCUT2D eigenvalue weighted by Crippen LogP contribution is -2.56. The number of hydrogen-bond donors (Lipinski definition) is 0. The van der Waals surface area contributed by atoms with Crippen molar-refractivity contribution in [1.29, 1.82) is 0 Å². The highest BCUT2D eigenvalue weighted by atomic mass is 16.6. The number of benzene rings is 3. The van der Waals surface area contributed by atoms with Crippen LogP contribution in [0, 0.1) is 5.92 Å². The van der Waals surface area contributed by atoms with Gasteiger partial charge in [-0.2, -0.15) is 0 Å². The molecule has 6 rings (SSSR count). The molecule has 6 heteroatoms. The molecule has 6 nitrogen and oxygen atoms in total. The van der Waals surface area contributed by atoms with E-state index in [1.54, 1.807) is 7.11 Å². The third kappa shape index (κ3) is 5.00. The summed E-state index contributed by atoms with van der Waals surface area (Å²) in [6, 6.07) is 24.3. The number of ketones is 1. The molecule has 1 aliphatic carbocycles. The Hall–Kier alpha value is -3.80. The highest BCUT2D eigenvalue weighted by Crippen LogP contribution is 2.45. The number of para-hydroxylation sites is 2. The van der Waals surface area contributed by atoms with Crippen molar-refractivity contribution >= 4 is 11.9 Å². The lowest BCUT2D eigenvalue weighted by molar-refractivity contribution is -0.127. The molecule has 0 radical (unpaired) electrons. The van der Waals surface area contributed by atoms with Crippen molar-refractivity contribution < 1.29 is 23.8 Å². The number of carbonyl (C=O) groups is 2. The van der Waals surface area contributed by atoms with Gasteiger partial charge in [0.2, 0.25) is 0 Å². The van der Waals surface area contributed by atoms with Crippen molar-refractivity contribution in [2.45, 2.75) is 56.5 Å². The first-order chi connectivity index (χ1) is 19.1. The van der Waals surface area contributed by atoms with Crippen molar-refractivity contribution in [2.75, 3.05) is 20.3 Å². The van der Waals surface area contributed by atoms with E-state index < -0.39 is 0 Å². The Morgan fingerprint density at radius 3 is 2.05 bits per heavy atom. The van der Waals surface area contributed by atoms with E-state index in [1.807, 2.05) is 41.3 Å². The second-order valence-electron chi connectivity index (χ2n) is 10.8. The summed E-state index contributed by atoms with van der Waals surface area (Å²) < 4.78 is 17.2. The van der Waals surface area contributed by atoms with Gasteiger partial charge in [0.05, 0.1) is 13.7 Å². The van der Waals surface area contributed by atoms with Crippen molar-refractivity contribution in [3.8, 4) is 22.6 Å². The number of carbonyl (C=O) groups excluding carboxylic acids is 2. The maximum absolute atomic E-state index is 13.4. The molecule has 202 valence electrons. The van der Waals surface area contributed by atoms with E-state index >= 15 is 0 Å². The zero-order valence-electron chi connectivity index (χ0n) is 22.4. The van der Waals surface area contributed by atoms with Crippen LogP contribution >= 0.6 is 0 Å². The van der Waals surface area contributed by atoms with Gasteiger partial charge in [-0.05, 0) is 66.5 Å². The van der Waals surface area contributed by atoms with E-state index in [0.29, 0.717) is 44.0 Å². The van der Waals surface area contributed by atoms with Gasteiger partial charge in [0.25, 0.3) is 0 Å². The van der Waals surface area contributed by atoms with Crippen molar-refractivity contribution in [3.63, 3.8) is 0 Å². The average molecular weight is 526 g/mol. The first kappa shape index (κ1) is 25.5. The summed E-state index contributed by atoms with van der Waals surface area (Å²) in [7, 11) is 1.61. The van der Waals surface area contributed by atoms with Crippen LogP contribution in [0.5, 0.6) is 11.5 Å². The topological polar surface area (TPSA) is 65.1 Å². The molecule has 39 heavy (non-hydrogen) atoms. The Balaban J connectivity index is 1.06. The van der Waals surface area contributed by atoms with Crippen molar-refractivity contribution in [3.05, 3.63) is 83.9 Å². The van der Waals surface area contributed by atoms with Gasteiger partial charge in [-0.15, -0.1) is 0 Å². The van der Waals surface area contributed by atoms with E-state index in [9.17, 15) is 9.59 Å². The summed E-state index contributed by atoms with van der Waals surface area (Å²) in [5, 5.41) is 0. The minimum atomic E-state index is -0.239. The Bertz CT molecular complexity index is 1290. The number of amides is 1. The molecule has 0 saturated carbocycles. The molecule has 2 aliphatic heterocycles. The van der Waals surface area contributed by atoms with Gasteiger partial charge < -0.3 is 19.1 Å². The maximum Gasteiger partial charge on any atom is 0.410 e. The maximum atomic E-state index is 13.4. The summed E-state index contributed by atoms with van der Waals surface area (Å²) >= 11 is 0. The van der Waals surface area contributed by atoms with Crippen LogP contribution in [-0.2, 0) is 9.53 Å². The number of nitrogens with zero attached hydrogens (tertiary/aromatic N) is 1. The molecule has 0 spiro atoms. The summed E-state index contributed by atoms with van der Waals surface area (Å²) in [5.41, 5.74) is 4.87. The quantitative estimate of drug-likeness (QED) is 0.331. The molecule has 3 aromatic rings. The van der Waals surface area contributed by atoms with Crippen LogP contribution in [0.25, 0.3) is 11.1 Å². The van der Waals surface area contributed by atoms with Gasteiger partial charge in [0.1, 0.15) is 12.4 Å². The highest BCUT2D eigenvalue weighted by Gasteiger charge is 2.43. The van der Waals surface area contributed by atoms with Gasteiger partial charge in [-0.1, -0.05) is 60.7 Å². The number of piperidine rings is 2. The summed E-state index contributed by atoms with van der Waals surface area (Å²) in [5.74, 6) is 1.53.